The van der Waals surface area contributed by atoms with E-state index in [1.165, 1.54) is 27.9 Å². The van der Waals surface area contributed by atoms with E-state index in [1.54, 1.807) is 37.9 Å². The number of rotatable bonds is 6. The molecule has 0 spiro atoms. The quantitative estimate of drug-likeness (QED) is 0.569. The zero-order valence-electron chi connectivity index (χ0n) is 23.5. The first-order chi connectivity index (χ1) is 19.5. The van der Waals surface area contributed by atoms with Gasteiger partial charge in [-0.1, -0.05) is 6.07 Å². The summed E-state index contributed by atoms with van der Waals surface area (Å²) in [4.78, 5) is 42.1. The summed E-state index contributed by atoms with van der Waals surface area (Å²) < 4.78 is 27.4. The largest absolute Gasteiger partial charge is 0.444 e. The molecule has 1 N–H and O–H groups in total. The van der Waals surface area contributed by atoms with Gasteiger partial charge in [-0.2, -0.15) is 10.4 Å². The van der Waals surface area contributed by atoms with Crippen LogP contribution < -0.4 is 5.32 Å². The summed E-state index contributed by atoms with van der Waals surface area (Å²) in [6.07, 6.45) is 4.76. The Labute approximate surface area is 238 Å². The van der Waals surface area contributed by atoms with Gasteiger partial charge in [0, 0.05) is 31.7 Å². The first kappa shape index (κ1) is 28.5. The number of hydrogen-bond acceptors (Lipinski definition) is 7. The fourth-order valence-electron chi connectivity index (χ4n) is 5.88. The number of halogens is 1. The van der Waals surface area contributed by atoms with Gasteiger partial charge < -0.3 is 19.7 Å². The van der Waals surface area contributed by atoms with Crippen molar-refractivity contribution in [1.82, 2.24) is 24.9 Å². The number of likely N-dealkylation sites (tertiary alicyclic amines) is 1. The van der Waals surface area contributed by atoms with Crippen LogP contribution in [0.2, 0.25) is 0 Å². The van der Waals surface area contributed by atoms with E-state index in [-0.39, 0.29) is 29.9 Å². The zero-order valence-corrected chi connectivity index (χ0v) is 23.5. The lowest BCUT2D eigenvalue weighted by molar-refractivity contribution is -0.128. The second-order valence-corrected chi connectivity index (χ2v) is 11.8. The van der Waals surface area contributed by atoms with Crippen LogP contribution in [-0.2, 0) is 20.7 Å². The number of aromatic nitrogens is 2. The van der Waals surface area contributed by atoms with Crippen LogP contribution in [0.25, 0.3) is 5.69 Å². The average molecular weight is 567 g/mol. The van der Waals surface area contributed by atoms with Crippen LogP contribution in [0.1, 0.15) is 56.0 Å². The molecule has 3 amide bonds. The van der Waals surface area contributed by atoms with Gasteiger partial charge in [-0.25, -0.2) is 13.9 Å². The molecule has 4 atom stereocenters. The highest BCUT2D eigenvalue weighted by Gasteiger charge is 2.52. The molecule has 1 aromatic heterocycles. The van der Waals surface area contributed by atoms with E-state index in [0.717, 1.165) is 19.3 Å². The number of amides is 3. The highest BCUT2D eigenvalue weighted by Crippen LogP contribution is 2.43. The molecule has 1 aliphatic carbocycles. The van der Waals surface area contributed by atoms with Crippen LogP contribution in [0.4, 0.5) is 9.18 Å². The Hall–Kier alpha value is -3.98. The number of hydrogen-bond donors (Lipinski definition) is 1. The molecule has 12 heteroatoms. The lowest BCUT2D eigenvalue weighted by Gasteiger charge is -2.35. The van der Waals surface area contributed by atoms with Crippen molar-refractivity contribution in [2.24, 2.45) is 5.92 Å². The molecule has 3 heterocycles. The Bertz CT molecular complexity index is 1360. The smallest absolute Gasteiger partial charge is 0.411 e. The summed E-state index contributed by atoms with van der Waals surface area (Å²) in [6, 6.07) is 4.73. The molecule has 5 rings (SSSR count). The summed E-state index contributed by atoms with van der Waals surface area (Å²) in [5.41, 5.74) is 0.355. The number of morpholine rings is 1. The fourth-order valence-corrected chi connectivity index (χ4v) is 5.88. The Morgan fingerprint density at radius 2 is 2.00 bits per heavy atom. The molecule has 2 aliphatic heterocycles. The Morgan fingerprint density at radius 3 is 2.68 bits per heavy atom. The number of nitrogens with one attached hydrogen (secondary N) is 1. The van der Waals surface area contributed by atoms with Gasteiger partial charge in [-0.3, -0.25) is 14.5 Å². The van der Waals surface area contributed by atoms with Crippen molar-refractivity contribution >= 4 is 17.9 Å². The molecule has 2 bridgehead atoms. The Balaban J connectivity index is 1.24. The first-order valence-electron chi connectivity index (χ1n) is 14.0. The SMILES string of the molecule is CC(C)(C)OC(=O)N1C2CCC(C2)C1C(=O)NC(C#N)Cc1ccc(-n2cc(C(=O)N3CCOCC3)cn2)cc1F. The molecular weight excluding hydrogens is 531 g/mol. The van der Waals surface area contributed by atoms with Gasteiger partial charge in [0.25, 0.3) is 5.91 Å². The normalized spacial score (nSPS) is 22.8. The molecule has 1 aromatic carbocycles. The summed E-state index contributed by atoms with van der Waals surface area (Å²) >= 11 is 0. The first-order valence-corrected chi connectivity index (χ1v) is 14.0. The van der Waals surface area contributed by atoms with E-state index >= 15 is 4.39 Å². The highest BCUT2D eigenvalue weighted by atomic mass is 19.1. The maximum Gasteiger partial charge on any atom is 0.411 e. The third kappa shape index (κ3) is 6.20. The number of ether oxygens (including phenoxy) is 2. The van der Waals surface area contributed by atoms with Crippen molar-refractivity contribution in [3.63, 3.8) is 0 Å². The number of nitriles is 1. The predicted octanol–water partition coefficient (Wildman–Crippen LogP) is 2.82. The summed E-state index contributed by atoms with van der Waals surface area (Å²) in [6.45, 7) is 7.30. The van der Waals surface area contributed by atoms with Crippen LogP contribution in [0.5, 0.6) is 0 Å². The second kappa shape index (κ2) is 11.5. The lowest BCUT2D eigenvalue weighted by atomic mass is 9.97. The lowest BCUT2D eigenvalue weighted by Crippen LogP contribution is -2.55. The highest BCUT2D eigenvalue weighted by molar-refractivity contribution is 5.94. The third-order valence-electron chi connectivity index (χ3n) is 7.78. The zero-order chi connectivity index (χ0) is 29.3. The number of carbonyl (C=O) groups is 3. The Morgan fingerprint density at radius 1 is 1.24 bits per heavy atom. The maximum atomic E-state index is 15.2. The van der Waals surface area contributed by atoms with Crippen LogP contribution in [0.3, 0.4) is 0 Å². The van der Waals surface area contributed by atoms with E-state index < -0.39 is 35.5 Å². The number of benzene rings is 1. The minimum absolute atomic E-state index is 0.00280. The van der Waals surface area contributed by atoms with Crippen molar-refractivity contribution in [1.29, 1.82) is 5.26 Å². The molecule has 0 radical (unpaired) electrons. The van der Waals surface area contributed by atoms with Crippen LogP contribution in [0.15, 0.2) is 30.6 Å². The molecule has 2 aromatic rings. The van der Waals surface area contributed by atoms with Crippen molar-refractivity contribution in [2.75, 3.05) is 26.3 Å². The van der Waals surface area contributed by atoms with Crippen molar-refractivity contribution in [3.05, 3.63) is 47.5 Å². The molecule has 41 heavy (non-hydrogen) atoms. The average Bonchev–Trinajstić information content (AvgIpc) is 3.69. The molecule has 11 nitrogen and oxygen atoms in total. The summed E-state index contributed by atoms with van der Waals surface area (Å²) in [7, 11) is 0. The molecule has 3 fully saturated rings. The minimum Gasteiger partial charge on any atom is -0.444 e. The van der Waals surface area contributed by atoms with Crippen LogP contribution >= 0.6 is 0 Å². The van der Waals surface area contributed by atoms with Gasteiger partial charge in [0.2, 0.25) is 5.91 Å². The van der Waals surface area contributed by atoms with Gasteiger partial charge in [0.05, 0.1) is 36.7 Å². The van der Waals surface area contributed by atoms with Gasteiger partial charge in [0.1, 0.15) is 23.5 Å². The van der Waals surface area contributed by atoms with E-state index in [1.807, 2.05) is 6.07 Å². The maximum absolute atomic E-state index is 15.2. The van der Waals surface area contributed by atoms with Gasteiger partial charge in [-0.05, 0) is 63.6 Å². The second-order valence-electron chi connectivity index (χ2n) is 11.8. The van der Waals surface area contributed by atoms with E-state index in [4.69, 9.17) is 9.47 Å². The van der Waals surface area contributed by atoms with E-state index in [0.29, 0.717) is 37.6 Å². The number of piperidine rings is 1. The summed E-state index contributed by atoms with van der Waals surface area (Å²) in [5.74, 6) is -1.16. The molecule has 2 saturated heterocycles. The van der Waals surface area contributed by atoms with Gasteiger partial charge in [-0.15, -0.1) is 0 Å². The number of nitrogens with zero attached hydrogens (tertiary/aromatic N) is 5. The van der Waals surface area contributed by atoms with Crippen LogP contribution in [0, 0.1) is 23.1 Å². The van der Waals surface area contributed by atoms with Crippen molar-refractivity contribution < 1.29 is 28.2 Å². The number of carbonyl (C=O) groups excluding carboxylic acids is 3. The topological polar surface area (TPSA) is 130 Å². The molecule has 1 saturated carbocycles. The third-order valence-corrected chi connectivity index (χ3v) is 7.78. The molecule has 4 unspecified atom stereocenters. The van der Waals surface area contributed by atoms with Crippen LogP contribution in [-0.4, -0.2) is 87.5 Å². The molecule has 3 aliphatic rings. The number of fused-ring (bicyclic) bond motifs is 2. The molecule has 218 valence electrons. The minimum atomic E-state index is -0.995. The molecular formula is C29H35FN6O5. The Kier molecular flexibility index (Phi) is 8.00. The van der Waals surface area contributed by atoms with E-state index in [2.05, 4.69) is 10.4 Å². The van der Waals surface area contributed by atoms with E-state index in [9.17, 15) is 19.6 Å². The fraction of sp³-hybridized carbons (Fsp3) is 0.552. The summed E-state index contributed by atoms with van der Waals surface area (Å²) in [5, 5.41) is 16.7. The predicted molar refractivity (Wildman–Crippen MR) is 144 cm³/mol. The van der Waals surface area contributed by atoms with Crippen molar-refractivity contribution in [2.45, 2.75) is 70.2 Å². The monoisotopic (exact) mass is 566 g/mol. The van der Waals surface area contributed by atoms with Crippen molar-refractivity contribution in [3.8, 4) is 11.8 Å². The van der Waals surface area contributed by atoms with Gasteiger partial charge in [0.15, 0.2) is 0 Å². The van der Waals surface area contributed by atoms with Gasteiger partial charge >= 0.3 is 6.09 Å². The standard InChI is InChI=1S/C29H35FN6O5/c1-29(2,3)41-28(39)36-23-7-5-19(13-23)25(36)26(37)33-21(15-31)12-18-4-6-22(14-24(18)30)35-17-20(16-32-35)27(38)34-8-10-40-11-9-34/h4,6,14,16-17,19,21,23,25H,5,7-13H2,1-3H3,(H,33,37).